The molecule has 0 aromatic heterocycles. The molecule has 0 radical (unpaired) electrons. The number of carbonyl (C=O) groups excluding carboxylic acids is 1. The molecule has 0 saturated heterocycles. The molecular weight excluding hydrogens is 254 g/mol. The quantitative estimate of drug-likeness (QED) is 0.705. The van der Waals surface area contributed by atoms with Crippen LogP contribution in [0.2, 0.25) is 0 Å². The number of hydrogen-bond acceptors (Lipinski definition) is 3. The molecular formula is C16H23NO3. The summed E-state index contributed by atoms with van der Waals surface area (Å²) < 4.78 is 10.6. The number of amides is 1. The van der Waals surface area contributed by atoms with Gasteiger partial charge in [-0.3, -0.25) is 4.79 Å². The van der Waals surface area contributed by atoms with Crippen LogP contribution < -0.4 is 5.32 Å². The predicted molar refractivity (Wildman–Crippen MR) is 77.6 cm³/mol. The zero-order valence-electron chi connectivity index (χ0n) is 12.1. The van der Waals surface area contributed by atoms with Gasteiger partial charge in [-0.1, -0.05) is 12.1 Å². The fourth-order valence-electron chi connectivity index (χ4n) is 1.93. The minimum atomic E-state index is -0.0313. The highest BCUT2D eigenvalue weighted by Crippen LogP contribution is 2.28. The van der Waals surface area contributed by atoms with Crippen molar-refractivity contribution >= 4 is 5.91 Å². The summed E-state index contributed by atoms with van der Waals surface area (Å²) in [4.78, 5) is 11.9. The Hall–Kier alpha value is -1.39. The summed E-state index contributed by atoms with van der Waals surface area (Å²) in [6, 6.07) is 7.48. The fraction of sp³-hybridized carbons (Fsp3) is 0.562. The van der Waals surface area contributed by atoms with Crippen LogP contribution in [0, 0.1) is 5.92 Å². The number of rotatable bonds is 9. The third-order valence-electron chi connectivity index (χ3n) is 3.33. The molecule has 0 aliphatic heterocycles. The van der Waals surface area contributed by atoms with Crippen LogP contribution >= 0.6 is 0 Å². The molecule has 0 bridgehead atoms. The lowest BCUT2D eigenvalue weighted by atomic mass is 10.1. The van der Waals surface area contributed by atoms with Crippen molar-refractivity contribution in [1.29, 1.82) is 0 Å². The molecule has 1 aliphatic rings. The van der Waals surface area contributed by atoms with E-state index in [2.05, 4.69) is 5.32 Å². The van der Waals surface area contributed by atoms with Gasteiger partial charge in [0.25, 0.3) is 5.91 Å². The molecule has 1 aromatic carbocycles. The lowest BCUT2D eigenvalue weighted by Crippen LogP contribution is -2.25. The van der Waals surface area contributed by atoms with E-state index in [0.29, 0.717) is 18.7 Å². The van der Waals surface area contributed by atoms with E-state index in [-0.39, 0.29) is 5.91 Å². The molecule has 1 fully saturated rings. The number of hydrogen-bond donors (Lipinski definition) is 1. The average molecular weight is 277 g/mol. The molecule has 110 valence electrons. The van der Waals surface area contributed by atoms with Gasteiger partial charge in [0.1, 0.15) is 0 Å². The number of carbonyl (C=O) groups is 1. The zero-order chi connectivity index (χ0) is 14.2. The minimum Gasteiger partial charge on any atom is -0.381 e. The van der Waals surface area contributed by atoms with Gasteiger partial charge in [-0.25, -0.2) is 0 Å². The number of ether oxygens (including phenoxy) is 2. The Morgan fingerprint density at radius 2 is 2.05 bits per heavy atom. The van der Waals surface area contributed by atoms with Crippen molar-refractivity contribution in [3.05, 3.63) is 35.4 Å². The Morgan fingerprint density at radius 1 is 1.30 bits per heavy atom. The Balaban J connectivity index is 1.60. The molecule has 1 saturated carbocycles. The highest BCUT2D eigenvalue weighted by Gasteiger charge is 2.20. The Kier molecular flexibility index (Phi) is 6.02. The van der Waals surface area contributed by atoms with Crippen LogP contribution in [0.5, 0.6) is 0 Å². The van der Waals surface area contributed by atoms with Gasteiger partial charge >= 0.3 is 0 Å². The summed E-state index contributed by atoms with van der Waals surface area (Å²) in [5.41, 5.74) is 1.75. The van der Waals surface area contributed by atoms with Crippen LogP contribution in [0.3, 0.4) is 0 Å². The van der Waals surface area contributed by atoms with Gasteiger partial charge in [-0.15, -0.1) is 0 Å². The monoisotopic (exact) mass is 277 g/mol. The molecule has 4 heteroatoms. The van der Waals surface area contributed by atoms with Gasteiger partial charge in [0.2, 0.25) is 0 Å². The number of methoxy groups -OCH3 is 1. The second-order valence-corrected chi connectivity index (χ2v) is 5.26. The summed E-state index contributed by atoms with van der Waals surface area (Å²) in [6.45, 7) is 2.84. The number of nitrogens with one attached hydrogen (secondary N) is 1. The van der Waals surface area contributed by atoms with Crippen LogP contribution in [0.15, 0.2) is 24.3 Å². The third-order valence-corrected chi connectivity index (χ3v) is 3.33. The molecule has 1 aliphatic carbocycles. The maximum atomic E-state index is 11.9. The van der Waals surface area contributed by atoms with Crippen LogP contribution in [0.4, 0.5) is 0 Å². The van der Waals surface area contributed by atoms with Gasteiger partial charge in [0, 0.05) is 32.4 Å². The van der Waals surface area contributed by atoms with E-state index >= 15 is 0 Å². The van der Waals surface area contributed by atoms with Crippen molar-refractivity contribution in [2.24, 2.45) is 5.92 Å². The van der Waals surface area contributed by atoms with Crippen molar-refractivity contribution in [1.82, 2.24) is 5.32 Å². The van der Waals surface area contributed by atoms with E-state index in [4.69, 9.17) is 9.47 Å². The van der Waals surface area contributed by atoms with E-state index in [9.17, 15) is 4.79 Å². The first kappa shape index (κ1) is 15.0. The van der Waals surface area contributed by atoms with Crippen LogP contribution in [0.1, 0.15) is 35.2 Å². The van der Waals surface area contributed by atoms with E-state index in [1.54, 1.807) is 7.11 Å². The van der Waals surface area contributed by atoms with Crippen molar-refractivity contribution in [2.45, 2.75) is 25.9 Å². The molecule has 0 spiro atoms. The molecule has 1 amide bonds. The van der Waals surface area contributed by atoms with Gasteiger partial charge in [-0.2, -0.15) is 0 Å². The molecule has 2 rings (SSSR count). The van der Waals surface area contributed by atoms with Gasteiger partial charge < -0.3 is 14.8 Å². The summed E-state index contributed by atoms with van der Waals surface area (Å²) in [7, 11) is 1.66. The normalized spacial score (nSPS) is 14.2. The first-order valence-corrected chi connectivity index (χ1v) is 7.23. The third kappa shape index (κ3) is 5.31. The van der Waals surface area contributed by atoms with Gasteiger partial charge in [-0.05, 0) is 42.9 Å². The molecule has 0 atom stereocenters. The predicted octanol–water partition coefficient (Wildman–Crippen LogP) is 2.38. The molecule has 0 heterocycles. The van der Waals surface area contributed by atoms with Crippen LogP contribution in [0.25, 0.3) is 0 Å². The van der Waals surface area contributed by atoms with Crippen LogP contribution in [-0.2, 0) is 16.1 Å². The first-order chi connectivity index (χ1) is 9.79. The average Bonchev–Trinajstić information content (AvgIpc) is 3.28. The lowest BCUT2D eigenvalue weighted by molar-refractivity contribution is 0.0937. The van der Waals surface area contributed by atoms with E-state index in [1.807, 2.05) is 24.3 Å². The Bertz CT molecular complexity index is 412. The first-order valence-electron chi connectivity index (χ1n) is 7.23. The molecule has 1 aromatic rings. The standard InChI is InChI=1S/C16H23NO3/c1-19-11-13-5-7-15(8-6-13)16(18)17-9-2-10-20-12-14-3-4-14/h5-8,14H,2-4,9-12H2,1H3,(H,17,18). The summed E-state index contributed by atoms with van der Waals surface area (Å²) >= 11 is 0. The number of benzene rings is 1. The second-order valence-electron chi connectivity index (χ2n) is 5.26. The topological polar surface area (TPSA) is 47.6 Å². The SMILES string of the molecule is COCc1ccc(C(=O)NCCCOCC2CC2)cc1. The van der Waals surface area contributed by atoms with Gasteiger partial charge in [0.05, 0.1) is 6.61 Å². The zero-order valence-corrected chi connectivity index (χ0v) is 12.1. The summed E-state index contributed by atoms with van der Waals surface area (Å²) in [6.07, 6.45) is 3.49. The Morgan fingerprint density at radius 3 is 2.70 bits per heavy atom. The summed E-state index contributed by atoms with van der Waals surface area (Å²) in [5.74, 6) is 0.770. The van der Waals surface area contributed by atoms with Crippen molar-refractivity contribution in [3.8, 4) is 0 Å². The van der Waals surface area contributed by atoms with E-state index in [1.165, 1.54) is 12.8 Å². The van der Waals surface area contributed by atoms with Crippen LogP contribution in [-0.4, -0.2) is 32.8 Å². The molecule has 4 nitrogen and oxygen atoms in total. The summed E-state index contributed by atoms with van der Waals surface area (Å²) in [5, 5.41) is 2.90. The minimum absolute atomic E-state index is 0.0313. The van der Waals surface area contributed by atoms with E-state index in [0.717, 1.165) is 31.1 Å². The fourth-order valence-corrected chi connectivity index (χ4v) is 1.93. The van der Waals surface area contributed by atoms with E-state index < -0.39 is 0 Å². The smallest absolute Gasteiger partial charge is 0.251 e. The molecule has 20 heavy (non-hydrogen) atoms. The highest BCUT2D eigenvalue weighted by molar-refractivity contribution is 5.94. The Labute approximate surface area is 120 Å². The van der Waals surface area contributed by atoms with Gasteiger partial charge in [0.15, 0.2) is 0 Å². The van der Waals surface area contributed by atoms with Crippen molar-refractivity contribution < 1.29 is 14.3 Å². The largest absolute Gasteiger partial charge is 0.381 e. The maximum absolute atomic E-state index is 11.9. The highest BCUT2D eigenvalue weighted by atomic mass is 16.5. The van der Waals surface area contributed by atoms with Crippen molar-refractivity contribution in [3.63, 3.8) is 0 Å². The lowest BCUT2D eigenvalue weighted by Gasteiger charge is -2.07. The molecule has 1 N–H and O–H groups in total. The maximum Gasteiger partial charge on any atom is 0.251 e. The van der Waals surface area contributed by atoms with Crippen molar-refractivity contribution in [2.75, 3.05) is 26.9 Å². The molecule has 0 unspecified atom stereocenters. The second kappa shape index (κ2) is 8.02.